The fourth-order valence-corrected chi connectivity index (χ4v) is 18.0. The molecule has 11 aliphatic rings. The number of piperidine rings is 1. The summed E-state index contributed by atoms with van der Waals surface area (Å²) < 4.78 is 7.93. The van der Waals surface area contributed by atoms with Crippen molar-refractivity contribution in [3.63, 3.8) is 0 Å². The predicted molar refractivity (Wildman–Crippen MR) is 171 cm³/mol. The maximum atomic E-state index is 10.8. The third-order valence-corrected chi connectivity index (χ3v) is 18.3. The van der Waals surface area contributed by atoms with Crippen LogP contribution in [0.4, 0.5) is 0 Å². The molecular formula is C39H65N3O2+2. The first-order valence-electron chi connectivity index (χ1n) is 19.9. The van der Waals surface area contributed by atoms with Crippen LogP contribution in [0.1, 0.15) is 117 Å². The lowest BCUT2D eigenvalue weighted by Gasteiger charge is -2.80. The third-order valence-electron chi connectivity index (χ3n) is 18.3. The molecule has 11 fully saturated rings. The maximum Gasteiger partial charge on any atom is 0.137 e. The van der Waals surface area contributed by atoms with Crippen LogP contribution in [0.2, 0.25) is 0 Å². The summed E-state index contributed by atoms with van der Waals surface area (Å²) in [7, 11) is 0. The molecule has 44 heavy (non-hydrogen) atoms. The van der Waals surface area contributed by atoms with Gasteiger partial charge in [-0.05, 0) is 149 Å². The second kappa shape index (κ2) is 9.48. The summed E-state index contributed by atoms with van der Waals surface area (Å²) in [6.45, 7) is 6.55. The van der Waals surface area contributed by atoms with Gasteiger partial charge in [0.1, 0.15) is 11.7 Å². The van der Waals surface area contributed by atoms with Crippen molar-refractivity contribution in [3.05, 3.63) is 0 Å². The fourth-order valence-electron chi connectivity index (χ4n) is 18.0. The quantitative estimate of drug-likeness (QED) is 0.376. The monoisotopic (exact) mass is 608 g/mol. The first-order valence-corrected chi connectivity index (χ1v) is 19.9. The summed E-state index contributed by atoms with van der Waals surface area (Å²) >= 11 is 0. The molecule has 8 N–H and O–H groups in total. The van der Waals surface area contributed by atoms with Crippen LogP contribution in [0.5, 0.6) is 0 Å². The van der Waals surface area contributed by atoms with E-state index in [-0.39, 0.29) is 16.7 Å². The van der Waals surface area contributed by atoms with Gasteiger partial charge >= 0.3 is 0 Å². The molecule has 0 amide bonds. The van der Waals surface area contributed by atoms with Crippen LogP contribution < -0.4 is 16.8 Å². The molecule has 8 saturated carbocycles. The molecule has 3 heterocycles. The van der Waals surface area contributed by atoms with Crippen LogP contribution in [0.25, 0.3) is 0 Å². The first kappa shape index (κ1) is 28.8. The van der Waals surface area contributed by atoms with Crippen LogP contribution in [-0.2, 0) is 4.74 Å². The lowest BCUT2D eigenvalue weighted by molar-refractivity contribution is -0.704. The van der Waals surface area contributed by atoms with E-state index < -0.39 is 0 Å². The molecule has 4 bridgehead atoms. The molecule has 5 heteroatoms. The summed E-state index contributed by atoms with van der Waals surface area (Å²) in [6.07, 6.45) is 23.0. The van der Waals surface area contributed by atoms with Crippen molar-refractivity contribution in [3.8, 4) is 0 Å². The maximum absolute atomic E-state index is 10.8. The molecule has 17 atom stereocenters. The van der Waals surface area contributed by atoms with E-state index in [0.717, 1.165) is 71.5 Å². The molecule has 11 rings (SSSR count). The number of hydrogen-bond acceptors (Lipinski definition) is 3. The van der Waals surface area contributed by atoms with Gasteiger partial charge < -0.3 is 20.9 Å². The summed E-state index contributed by atoms with van der Waals surface area (Å²) in [6, 6.07) is 0. The van der Waals surface area contributed by atoms with E-state index in [1.807, 2.05) is 0 Å². The van der Waals surface area contributed by atoms with E-state index >= 15 is 0 Å². The number of ether oxygens (including phenoxy) is 1. The Kier molecular flexibility index (Phi) is 6.20. The normalized spacial score (nSPS) is 60.9. The molecule has 0 radical (unpaired) electrons. The molecule has 0 aromatic carbocycles. The van der Waals surface area contributed by atoms with E-state index in [4.69, 9.17) is 16.2 Å². The highest BCUT2D eigenvalue weighted by molar-refractivity contribution is 5.28. The Hall–Kier alpha value is -0.200. The van der Waals surface area contributed by atoms with Gasteiger partial charge in [0.2, 0.25) is 0 Å². The van der Waals surface area contributed by atoms with Crippen LogP contribution in [-0.4, -0.2) is 41.2 Å². The van der Waals surface area contributed by atoms with Gasteiger partial charge in [0.05, 0.1) is 24.4 Å². The molecule has 3 saturated heterocycles. The van der Waals surface area contributed by atoms with Gasteiger partial charge in [-0.25, -0.2) is 0 Å². The predicted octanol–water partition coefficient (Wildman–Crippen LogP) is 4.33. The Bertz CT molecular complexity index is 1160. The van der Waals surface area contributed by atoms with E-state index in [9.17, 15) is 5.11 Å². The van der Waals surface area contributed by atoms with Crippen LogP contribution in [0.15, 0.2) is 0 Å². The third kappa shape index (κ3) is 3.51. The minimum Gasteiger partial charge on any atom is -0.396 e. The lowest BCUT2D eigenvalue weighted by Crippen LogP contribution is -2.95. The van der Waals surface area contributed by atoms with Crippen LogP contribution >= 0.6 is 0 Å². The molecule has 0 aromatic heterocycles. The van der Waals surface area contributed by atoms with Gasteiger partial charge in [-0.15, -0.1) is 0 Å². The Morgan fingerprint density at radius 3 is 2.36 bits per heavy atom. The van der Waals surface area contributed by atoms with Gasteiger partial charge in [0, 0.05) is 30.6 Å². The first-order chi connectivity index (χ1) is 21.2. The number of aliphatic hydroxyl groups excluding tert-OH is 1. The molecule has 5 nitrogen and oxygen atoms in total. The molecule has 246 valence electrons. The van der Waals surface area contributed by atoms with Gasteiger partial charge in [0.25, 0.3) is 0 Å². The topological polar surface area (TPSA) is 99.7 Å². The average Bonchev–Trinajstić information content (AvgIpc) is 3.44. The summed E-state index contributed by atoms with van der Waals surface area (Å²) in [5, 5.41) is 13.4. The second-order valence-corrected chi connectivity index (χ2v) is 20.0. The Morgan fingerprint density at radius 1 is 0.795 bits per heavy atom. The lowest BCUT2D eigenvalue weighted by atomic mass is 9.29. The van der Waals surface area contributed by atoms with Gasteiger partial charge in [0.15, 0.2) is 0 Å². The summed E-state index contributed by atoms with van der Waals surface area (Å²) in [5.41, 5.74) is 12.1. The Balaban J connectivity index is 1.17. The van der Waals surface area contributed by atoms with E-state index in [1.54, 1.807) is 6.42 Å². The molecular weight excluding hydrogens is 542 g/mol. The van der Waals surface area contributed by atoms with E-state index in [1.165, 1.54) is 96.4 Å². The number of nitrogens with two attached hydrogens (primary N) is 2. The molecule has 3 aliphatic heterocycles. The van der Waals surface area contributed by atoms with E-state index in [2.05, 4.69) is 19.2 Å². The Morgan fingerprint density at radius 2 is 1.59 bits per heavy atom. The molecule has 0 aromatic rings. The zero-order chi connectivity index (χ0) is 29.8. The van der Waals surface area contributed by atoms with Crippen molar-refractivity contribution in [2.24, 2.45) is 94.0 Å². The Labute approximate surface area is 267 Å². The number of hydrogen-bond donors (Lipinski definition) is 4. The van der Waals surface area contributed by atoms with Gasteiger partial charge in [-0.1, -0.05) is 25.7 Å². The van der Waals surface area contributed by atoms with Crippen molar-refractivity contribution in [2.75, 3.05) is 13.2 Å². The zero-order valence-corrected chi connectivity index (χ0v) is 28.1. The van der Waals surface area contributed by atoms with Crippen molar-refractivity contribution >= 4 is 0 Å². The fraction of sp³-hybridized carbons (Fsp3) is 1.00. The van der Waals surface area contributed by atoms with Crippen molar-refractivity contribution < 1.29 is 20.9 Å². The summed E-state index contributed by atoms with van der Waals surface area (Å²) in [5.74, 6) is 11.5. The molecule has 2 spiro atoms. The highest BCUT2D eigenvalue weighted by Gasteiger charge is 2.81. The van der Waals surface area contributed by atoms with Gasteiger partial charge in [-0.2, -0.15) is 0 Å². The largest absolute Gasteiger partial charge is 0.396 e. The van der Waals surface area contributed by atoms with Crippen LogP contribution in [0.3, 0.4) is 0 Å². The van der Waals surface area contributed by atoms with Gasteiger partial charge in [-0.3, -0.25) is 5.73 Å². The minimum absolute atomic E-state index is 0.0153. The number of quaternary nitrogens is 2. The van der Waals surface area contributed by atoms with E-state index in [0.29, 0.717) is 35.9 Å². The smallest absolute Gasteiger partial charge is 0.137 e. The van der Waals surface area contributed by atoms with Crippen molar-refractivity contribution in [1.82, 2.24) is 0 Å². The number of rotatable bonds is 2. The SMILES string of the molecule is CC1(C)O[C@@]23C[C@@]4([NH3+])[C@@H](CO)CC[C@@H]([C@H]14)[C@@H]2C1CCC2CCCC4C2C1[C@H]1[C@H](CC2(CCCC2)C[C@@H]13)[C@H]4C1CCC(N)[NH2+]C1. The second-order valence-electron chi connectivity index (χ2n) is 20.0. The number of aliphatic hydroxyl groups is 1. The van der Waals surface area contributed by atoms with Crippen molar-refractivity contribution in [1.29, 1.82) is 0 Å². The van der Waals surface area contributed by atoms with Crippen molar-refractivity contribution in [2.45, 2.75) is 139 Å². The average molecular weight is 608 g/mol. The van der Waals surface area contributed by atoms with Crippen LogP contribution in [0, 0.1) is 88.3 Å². The summed E-state index contributed by atoms with van der Waals surface area (Å²) in [4.78, 5) is 0. The standard InChI is InChI=1S/C39H63N3O2/c1-36(2)35-26-12-10-23(19-43)38(35,41)20-39(44-36)28-17-37(14-3-4-15-37)16-27-30(22-9-13-29(40)42-18-22)24-7-5-6-21-8-11-25(34(26)39)33(31(21)24)32(27)28/h21-35,42-43H,3-20,40-41H2,1-2H3/p+2/t21?,22?,23-,24?,25?,26-,27-,28+,29?,30+,31?,32+,33?,34+,35-,38-,39-/m1/s1. The molecule has 8 aliphatic carbocycles. The zero-order valence-electron chi connectivity index (χ0n) is 28.1. The molecule has 7 unspecified atom stereocenters. The number of fused-ring (bicyclic) bond motifs is 1. The highest BCUT2D eigenvalue weighted by Crippen LogP contribution is 2.79. The highest BCUT2D eigenvalue weighted by atomic mass is 16.5. The minimum atomic E-state index is -0.134.